The minimum absolute atomic E-state index is 0.0296. The summed E-state index contributed by atoms with van der Waals surface area (Å²) in [6.45, 7) is 3.31. The third-order valence-electron chi connectivity index (χ3n) is 3.46. The highest BCUT2D eigenvalue weighted by molar-refractivity contribution is 5.80. The van der Waals surface area contributed by atoms with Gasteiger partial charge in [-0.15, -0.1) is 0 Å². The van der Waals surface area contributed by atoms with E-state index >= 15 is 0 Å². The van der Waals surface area contributed by atoms with E-state index in [0.717, 1.165) is 31.4 Å². The number of hydrogen-bond donors (Lipinski definition) is 1. The molecule has 1 aromatic rings. The van der Waals surface area contributed by atoms with Crippen molar-refractivity contribution in [1.29, 1.82) is 0 Å². The molecular weight excluding hydrogens is 258 g/mol. The van der Waals surface area contributed by atoms with E-state index < -0.39 is 4.92 Å². The van der Waals surface area contributed by atoms with E-state index in [1.165, 1.54) is 12.1 Å². The Morgan fingerprint density at radius 1 is 1.45 bits per heavy atom. The first kappa shape index (κ1) is 14.5. The molecule has 0 bridgehead atoms. The molecule has 1 fully saturated rings. The number of nitro groups is 1. The maximum absolute atomic E-state index is 11.6. The number of non-ortho nitro benzene ring substituents is 1. The number of nitrogens with zero attached hydrogens (tertiary/aromatic N) is 2. The standard InChI is InChI=1S/C14H19N3O3/c1-2-3-4-8-16-10-13(18)15-14(16)11-6-5-7-12(9-11)17(19)20/h5-7,9,14H,2-4,8,10H2,1H3,(H,15,18)/t14-/m0/s1. The smallest absolute Gasteiger partial charge is 0.269 e. The molecule has 108 valence electrons. The highest BCUT2D eigenvalue weighted by atomic mass is 16.6. The van der Waals surface area contributed by atoms with Crippen molar-refractivity contribution in [1.82, 2.24) is 10.2 Å². The van der Waals surface area contributed by atoms with E-state index in [9.17, 15) is 14.9 Å². The summed E-state index contributed by atoms with van der Waals surface area (Å²) in [6, 6.07) is 6.46. The summed E-state index contributed by atoms with van der Waals surface area (Å²) in [7, 11) is 0. The molecule has 0 aromatic heterocycles. The van der Waals surface area contributed by atoms with Crippen molar-refractivity contribution in [3.8, 4) is 0 Å². The normalized spacial score (nSPS) is 19.1. The summed E-state index contributed by atoms with van der Waals surface area (Å²) in [5, 5.41) is 13.7. The zero-order valence-electron chi connectivity index (χ0n) is 11.5. The Labute approximate surface area is 117 Å². The quantitative estimate of drug-likeness (QED) is 0.491. The Morgan fingerprint density at radius 3 is 2.95 bits per heavy atom. The van der Waals surface area contributed by atoms with Gasteiger partial charge in [-0.2, -0.15) is 0 Å². The van der Waals surface area contributed by atoms with Crippen LogP contribution in [0.5, 0.6) is 0 Å². The number of carbonyl (C=O) groups is 1. The van der Waals surface area contributed by atoms with Gasteiger partial charge in [0.1, 0.15) is 6.17 Å². The highest BCUT2D eigenvalue weighted by Gasteiger charge is 2.30. The molecule has 1 N–H and O–H groups in total. The molecule has 20 heavy (non-hydrogen) atoms. The van der Waals surface area contributed by atoms with Crippen LogP contribution in [0.1, 0.15) is 37.9 Å². The molecule has 1 saturated heterocycles. The average Bonchev–Trinajstić information content (AvgIpc) is 2.80. The maximum atomic E-state index is 11.6. The van der Waals surface area contributed by atoms with Gasteiger partial charge in [0.05, 0.1) is 11.5 Å². The van der Waals surface area contributed by atoms with Crippen LogP contribution in [-0.4, -0.2) is 28.8 Å². The van der Waals surface area contributed by atoms with Gasteiger partial charge in [0.2, 0.25) is 5.91 Å². The van der Waals surface area contributed by atoms with Crippen LogP contribution in [0, 0.1) is 10.1 Å². The molecule has 1 heterocycles. The van der Waals surface area contributed by atoms with Gasteiger partial charge in [0.15, 0.2) is 0 Å². The average molecular weight is 277 g/mol. The number of nitro benzene ring substituents is 1. The first-order chi connectivity index (χ1) is 9.61. The summed E-state index contributed by atoms with van der Waals surface area (Å²) in [5.41, 5.74) is 0.818. The van der Waals surface area contributed by atoms with Crippen LogP contribution >= 0.6 is 0 Å². The number of carbonyl (C=O) groups excluding carboxylic acids is 1. The first-order valence-corrected chi connectivity index (χ1v) is 6.89. The van der Waals surface area contributed by atoms with Gasteiger partial charge in [0.25, 0.3) is 5.69 Å². The molecule has 1 amide bonds. The topological polar surface area (TPSA) is 75.5 Å². The summed E-state index contributed by atoms with van der Waals surface area (Å²) >= 11 is 0. The van der Waals surface area contributed by atoms with Gasteiger partial charge in [-0.25, -0.2) is 0 Å². The third-order valence-corrected chi connectivity index (χ3v) is 3.46. The second kappa shape index (κ2) is 6.47. The van der Waals surface area contributed by atoms with Crippen LogP contribution in [-0.2, 0) is 4.79 Å². The molecule has 0 spiro atoms. The number of rotatable bonds is 6. The lowest BCUT2D eigenvalue weighted by Crippen LogP contribution is -2.28. The predicted octanol–water partition coefficient (Wildman–Crippen LogP) is 2.22. The Bertz CT molecular complexity index is 504. The second-order valence-corrected chi connectivity index (χ2v) is 5.00. The molecule has 1 aliphatic heterocycles. The first-order valence-electron chi connectivity index (χ1n) is 6.89. The van der Waals surface area contributed by atoms with Crippen molar-refractivity contribution < 1.29 is 9.72 Å². The Hall–Kier alpha value is -1.95. The molecule has 1 atom stereocenters. The monoisotopic (exact) mass is 277 g/mol. The largest absolute Gasteiger partial charge is 0.335 e. The van der Waals surface area contributed by atoms with Gasteiger partial charge >= 0.3 is 0 Å². The zero-order chi connectivity index (χ0) is 14.5. The van der Waals surface area contributed by atoms with Crippen LogP contribution in [0.15, 0.2) is 24.3 Å². The molecule has 1 aliphatic rings. The van der Waals surface area contributed by atoms with E-state index in [0.29, 0.717) is 6.54 Å². The van der Waals surface area contributed by atoms with Gasteiger partial charge < -0.3 is 5.32 Å². The van der Waals surface area contributed by atoms with Crippen molar-refractivity contribution >= 4 is 11.6 Å². The Morgan fingerprint density at radius 2 is 2.25 bits per heavy atom. The summed E-state index contributed by atoms with van der Waals surface area (Å²) in [5.74, 6) is -0.0296. The lowest BCUT2D eigenvalue weighted by Gasteiger charge is -2.23. The molecular formula is C14H19N3O3. The Kier molecular flexibility index (Phi) is 4.68. The molecule has 0 radical (unpaired) electrons. The van der Waals surface area contributed by atoms with Crippen molar-refractivity contribution in [3.05, 3.63) is 39.9 Å². The maximum Gasteiger partial charge on any atom is 0.269 e. The van der Waals surface area contributed by atoms with Crippen LogP contribution in [0.2, 0.25) is 0 Å². The number of hydrogen-bond acceptors (Lipinski definition) is 4. The van der Waals surface area contributed by atoms with Gasteiger partial charge in [-0.1, -0.05) is 31.9 Å². The predicted molar refractivity (Wildman–Crippen MR) is 75.1 cm³/mol. The highest BCUT2D eigenvalue weighted by Crippen LogP contribution is 2.25. The van der Waals surface area contributed by atoms with Crippen molar-refractivity contribution in [2.75, 3.05) is 13.1 Å². The minimum atomic E-state index is -0.415. The molecule has 6 nitrogen and oxygen atoms in total. The fourth-order valence-corrected chi connectivity index (χ4v) is 2.44. The fraction of sp³-hybridized carbons (Fsp3) is 0.500. The lowest BCUT2D eigenvalue weighted by atomic mass is 10.1. The SMILES string of the molecule is CCCCCN1CC(=O)N[C@@H]1c1cccc([N+](=O)[O-])c1. The van der Waals surface area contributed by atoms with Crippen molar-refractivity contribution in [2.24, 2.45) is 0 Å². The number of nitrogens with one attached hydrogen (secondary N) is 1. The molecule has 0 aliphatic carbocycles. The van der Waals surface area contributed by atoms with Gasteiger partial charge in [-0.3, -0.25) is 19.8 Å². The van der Waals surface area contributed by atoms with Crippen LogP contribution in [0.25, 0.3) is 0 Å². The van der Waals surface area contributed by atoms with Crippen LogP contribution in [0.4, 0.5) is 5.69 Å². The number of unbranched alkanes of at least 4 members (excludes halogenated alkanes) is 2. The van der Waals surface area contributed by atoms with Crippen molar-refractivity contribution in [2.45, 2.75) is 32.4 Å². The lowest BCUT2D eigenvalue weighted by molar-refractivity contribution is -0.385. The van der Waals surface area contributed by atoms with Crippen LogP contribution in [0.3, 0.4) is 0 Å². The summed E-state index contributed by atoms with van der Waals surface area (Å²) in [4.78, 5) is 24.1. The summed E-state index contributed by atoms with van der Waals surface area (Å²) < 4.78 is 0. The number of amides is 1. The van der Waals surface area contributed by atoms with Gasteiger partial charge in [-0.05, 0) is 12.0 Å². The molecule has 1 aromatic carbocycles. The fourth-order valence-electron chi connectivity index (χ4n) is 2.44. The minimum Gasteiger partial charge on any atom is -0.335 e. The number of benzene rings is 1. The molecule has 0 unspecified atom stereocenters. The Balaban J connectivity index is 2.14. The van der Waals surface area contributed by atoms with Gasteiger partial charge in [0, 0.05) is 18.7 Å². The third kappa shape index (κ3) is 3.33. The van der Waals surface area contributed by atoms with E-state index in [2.05, 4.69) is 12.2 Å². The molecule has 2 rings (SSSR count). The van der Waals surface area contributed by atoms with Crippen LogP contribution < -0.4 is 5.32 Å². The zero-order valence-corrected chi connectivity index (χ0v) is 11.5. The molecule has 6 heteroatoms. The second-order valence-electron chi connectivity index (χ2n) is 5.00. The van der Waals surface area contributed by atoms with E-state index in [1.807, 2.05) is 11.0 Å². The van der Waals surface area contributed by atoms with E-state index in [4.69, 9.17) is 0 Å². The van der Waals surface area contributed by atoms with Crippen molar-refractivity contribution in [3.63, 3.8) is 0 Å². The van der Waals surface area contributed by atoms with E-state index in [-0.39, 0.29) is 17.8 Å². The van der Waals surface area contributed by atoms with E-state index in [1.54, 1.807) is 6.07 Å². The molecule has 0 saturated carbocycles. The summed E-state index contributed by atoms with van der Waals surface area (Å²) in [6.07, 6.45) is 3.01.